The number of aromatic nitrogens is 7. The fourth-order valence-electron chi connectivity index (χ4n) is 2.00. The number of hydrogen-bond donors (Lipinski definition) is 2. The summed E-state index contributed by atoms with van der Waals surface area (Å²) < 4.78 is 0. The van der Waals surface area contributed by atoms with Crippen molar-refractivity contribution < 1.29 is 0 Å². The van der Waals surface area contributed by atoms with Crippen LogP contribution < -0.4 is 4.90 Å². The van der Waals surface area contributed by atoms with Crippen LogP contribution >= 0.6 is 0 Å². The molecule has 0 aliphatic rings. The summed E-state index contributed by atoms with van der Waals surface area (Å²) in [6.45, 7) is 5.75. The summed E-state index contributed by atoms with van der Waals surface area (Å²) in [5.41, 5.74) is 0. The van der Waals surface area contributed by atoms with Gasteiger partial charge in [-0.05, 0) is 13.8 Å². The van der Waals surface area contributed by atoms with Gasteiger partial charge in [0.25, 0.3) is 0 Å². The molecule has 2 N–H and O–H groups in total. The van der Waals surface area contributed by atoms with Gasteiger partial charge in [-0.2, -0.15) is 9.97 Å². The van der Waals surface area contributed by atoms with Gasteiger partial charge in [-0.3, -0.25) is 0 Å². The van der Waals surface area contributed by atoms with E-state index in [9.17, 15) is 0 Å². The molecule has 8 heteroatoms. The fraction of sp³-hybridized carbons (Fsp3) is 0.308. The molecule has 3 heterocycles. The van der Waals surface area contributed by atoms with Crippen molar-refractivity contribution in [1.82, 2.24) is 34.9 Å². The topological polar surface area (TPSA) is 99.3 Å². The lowest BCUT2D eigenvalue weighted by Gasteiger charge is -2.18. The summed E-state index contributed by atoms with van der Waals surface area (Å²) >= 11 is 0. The van der Waals surface area contributed by atoms with Gasteiger partial charge in [-0.1, -0.05) is 0 Å². The van der Waals surface area contributed by atoms with Gasteiger partial charge in [0, 0.05) is 37.9 Å². The Balaban J connectivity index is 2.12. The summed E-state index contributed by atoms with van der Waals surface area (Å²) in [5.74, 6) is 2.84. The minimum absolute atomic E-state index is 0.503. The molecule has 3 aromatic rings. The van der Waals surface area contributed by atoms with E-state index >= 15 is 0 Å². The molecule has 0 amide bonds. The maximum atomic E-state index is 4.50. The van der Waals surface area contributed by atoms with Crippen LogP contribution in [0.15, 0.2) is 24.8 Å². The Morgan fingerprint density at radius 3 is 1.76 bits per heavy atom. The molecule has 0 radical (unpaired) electrons. The molecular weight excluding hydrogens is 268 g/mol. The first-order chi connectivity index (χ1) is 10.3. The highest BCUT2D eigenvalue weighted by Gasteiger charge is 2.15. The van der Waals surface area contributed by atoms with Gasteiger partial charge >= 0.3 is 0 Å². The Morgan fingerprint density at radius 2 is 1.38 bits per heavy atom. The van der Waals surface area contributed by atoms with Crippen LogP contribution in [-0.2, 0) is 0 Å². The van der Waals surface area contributed by atoms with Crippen molar-refractivity contribution in [2.75, 3.05) is 18.0 Å². The Hall–Kier alpha value is -2.77. The van der Waals surface area contributed by atoms with E-state index in [2.05, 4.69) is 53.6 Å². The maximum absolute atomic E-state index is 4.50. The van der Waals surface area contributed by atoms with Crippen LogP contribution in [0.4, 0.5) is 5.95 Å². The first kappa shape index (κ1) is 13.2. The van der Waals surface area contributed by atoms with E-state index in [1.807, 2.05) is 0 Å². The van der Waals surface area contributed by atoms with Crippen LogP contribution in [0.3, 0.4) is 0 Å². The molecular formula is C13H16N8. The van der Waals surface area contributed by atoms with Gasteiger partial charge in [0.15, 0.2) is 11.6 Å². The summed E-state index contributed by atoms with van der Waals surface area (Å²) in [7, 11) is 0. The Kier molecular flexibility index (Phi) is 3.59. The molecule has 0 saturated carbocycles. The van der Waals surface area contributed by atoms with Crippen LogP contribution in [0, 0.1) is 0 Å². The van der Waals surface area contributed by atoms with Crippen LogP contribution in [-0.4, -0.2) is 48.0 Å². The van der Waals surface area contributed by atoms with Crippen molar-refractivity contribution in [2.24, 2.45) is 0 Å². The first-order valence-electron chi connectivity index (χ1n) is 6.82. The second-order valence-electron chi connectivity index (χ2n) is 4.33. The Morgan fingerprint density at radius 1 is 0.857 bits per heavy atom. The molecule has 3 rings (SSSR count). The summed E-state index contributed by atoms with van der Waals surface area (Å²) in [6, 6.07) is 0. The second-order valence-corrected chi connectivity index (χ2v) is 4.33. The maximum Gasteiger partial charge on any atom is 0.229 e. The number of rotatable bonds is 5. The predicted octanol–water partition coefficient (Wildman–Crippen LogP) is 1.50. The second kappa shape index (κ2) is 5.70. The molecule has 0 fully saturated rings. The van der Waals surface area contributed by atoms with Crippen molar-refractivity contribution in [1.29, 1.82) is 0 Å². The lowest BCUT2D eigenvalue weighted by atomic mass is 10.4. The summed E-state index contributed by atoms with van der Waals surface area (Å²) in [6.07, 6.45) is 6.82. The van der Waals surface area contributed by atoms with Crippen LogP contribution in [0.1, 0.15) is 13.8 Å². The average Bonchev–Trinajstić information content (AvgIpc) is 3.22. The number of H-pyrrole nitrogens is 2. The van der Waals surface area contributed by atoms with E-state index in [0.717, 1.165) is 13.1 Å². The molecule has 0 atom stereocenters. The van der Waals surface area contributed by atoms with Gasteiger partial charge in [-0.25, -0.2) is 15.0 Å². The van der Waals surface area contributed by atoms with Gasteiger partial charge in [-0.15, -0.1) is 0 Å². The zero-order valence-electron chi connectivity index (χ0n) is 11.9. The molecule has 108 valence electrons. The van der Waals surface area contributed by atoms with Crippen molar-refractivity contribution in [3.05, 3.63) is 24.8 Å². The van der Waals surface area contributed by atoms with Gasteiger partial charge in [0.05, 0.1) is 0 Å². The fourth-order valence-corrected chi connectivity index (χ4v) is 2.00. The number of nitrogens with one attached hydrogen (secondary N) is 2. The lowest BCUT2D eigenvalue weighted by molar-refractivity contribution is 0.812. The first-order valence-corrected chi connectivity index (χ1v) is 6.82. The summed E-state index contributed by atoms with van der Waals surface area (Å²) in [5, 5.41) is 0. The highest BCUT2D eigenvalue weighted by atomic mass is 15.3. The van der Waals surface area contributed by atoms with Crippen molar-refractivity contribution in [2.45, 2.75) is 13.8 Å². The van der Waals surface area contributed by atoms with E-state index in [0.29, 0.717) is 29.2 Å². The SMILES string of the molecule is CCN(CC)c1nc(-c2ncc[nH]2)nc(-c2ncc[nH]2)n1. The molecule has 0 aromatic carbocycles. The summed E-state index contributed by atoms with van der Waals surface area (Å²) in [4.78, 5) is 29.9. The third-order valence-corrected chi connectivity index (χ3v) is 3.09. The third-order valence-electron chi connectivity index (χ3n) is 3.09. The molecule has 0 aliphatic carbocycles. The van der Waals surface area contributed by atoms with Crippen molar-refractivity contribution >= 4 is 5.95 Å². The van der Waals surface area contributed by atoms with E-state index < -0.39 is 0 Å². The normalized spacial score (nSPS) is 10.8. The van der Waals surface area contributed by atoms with Gasteiger partial charge < -0.3 is 14.9 Å². The standard InChI is InChI=1S/C13H16N8/c1-3-21(4-2)13-19-11(9-14-5-6-15-9)18-12(20-13)10-16-7-8-17-10/h5-8H,3-4H2,1-2H3,(H,14,15)(H,16,17). The molecule has 0 unspecified atom stereocenters. The largest absolute Gasteiger partial charge is 0.342 e. The molecule has 0 bridgehead atoms. The van der Waals surface area contributed by atoms with E-state index in [1.165, 1.54) is 0 Å². The average molecular weight is 284 g/mol. The quantitative estimate of drug-likeness (QED) is 0.736. The molecule has 3 aromatic heterocycles. The zero-order chi connectivity index (χ0) is 14.7. The van der Waals surface area contributed by atoms with Gasteiger partial charge in [0.2, 0.25) is 17.6 Å². The smallest absolute Gasteiger partial charge is 0.229 e. The van der Waals surface area contributed by atoms with E-state index in [-0.39, 0.29) is 0 Å². The van der Waals surface area contributed by atoms with Crippen molar-refractivity contribution in [3.8, 4) is 23.3 Å². The number of anilines is 1. The highest BCUT2D eigenvalue weighted by molar-refractivity contribution is 5.54. The molecule has 0 spiro atoms. The Bertz CT molecular complexity index is 633. The van der Waals surface area contributed by atoms with Crippen molar-refractivity contribution in [3.63, 3.8) is 0 Å². The molecule has 21 heavy (non-hydrogen) atoms. The minimum Gasteiger partial charge on any atom is -0.342 e. The molecule has 0 aliphatic heterocycles. The predicted molar refractivity (Wildman–Crippen MR) is 78.6 cm³/mol. The van der Waals surface area contributed by atoms with E-state index in [1.54, 1.807) is 24.8 Å². The van der Waals surface area contributed by atoms with Crippen LogP contribution in [0.5, 0.6) is 0 Å². The van der Waals surface area contributed by atoms with E-state index in [4.69, 9.17) is 0 Å². The monoisotopic (exact) mass is 284 g/mol. The minimum atomic E-state index is 0.503. The van der Waals surface area contributed by atoms with Crippen LogP contribution in [0.25, 0.3) is 23.3 Å². The molecule has 8 nitrogen and oxygen atoms in total. The molecule has 0 saturated heterocycles. The van der Waals surface area contributed by atoms with Gasteiger partial charge in [0.1, 0.15) is 0 Å². The third kappa shape index (κ3) is 2.60. The number of aromatic amines is 2. The number of nitrogens with zero attached hydrogens (tertiary/aromatic N) is 6. The highest BCUT2D eigenvalue weighted by Crippen LogP contribution is 2.18. The van der Waals surface area contributed by atoms with Crippen LogP contribution in [0.2, 0.25) is 0 Å². The lowest BCUT2D eigenvalue weighted by Crippen LogP contribution is -2.25. The number of hydrogen-bond acceptors (Lipinski definition) is 6. The zero-order valence-corrected chi connectivity index (χ0v) is 11.9. The number of imidazole rings is 2. The Labute approximate surface area is 121 Å².